The van der Waals surface area contributed by atoms with E-state index in [1.54, 1.807) is 4.90 Å². The van der Waals surface area contributed by atoms with E-state index in [0.29, 0.717) is 13.1 Å². The monoisotopic (exact) mass is 467 g/mol. The molecule has 156 valence electrons. The van der Waals surface area contributed by atoms with Gasteiger partial charge in [0.1, 0.15) is 11.4 Å². The lowest BCUT2D eigenvalue weighted by molar-refractivity contribution is 0.0236. The van der Waals surface area contributed by atoms with Gasteiger partial charge in [-0.05, 0) is 63.4 Å². The molecular weight excluding hydrogens is 442 g/mol. The Balaban J connectivity index is 1.67. The minimum absolute atomic E-state index is 0.240. The summed E-state index contributed by atoms with van der Waals surface area (Å²) in [7, 11) is 0. The number of hydrogen-bond acceptors (Lipinski definition) is 3. The Hall–Kier alpha value is -2.60. The number of carbonyl (C=O) groups is 1. The molecular formula is C24H26BrN3O2. The summed E-state index contributed by atoms with van der Waals surface area (Å²) in [6.07, 6.45) is 1.35. The van der Waals surface area contributed by atoms with Crippen LogP contribution in [0.4, 0.5) is 4.79 Å². The molecule has 0 bridgehead atoms. The molecule has 1 saturated heterocycles. The normalized spacial score (nSPS) is 14.8. The van der Waals surface area contributed by atoms with E-state index < -0.39 is 5.60 Å². The zero-order chi connectivity index (χ0) is 21.3. The Bertz CT molecular complexity index is 1050. The van der Waals surface area contributed by atoms with Crippen molar-refractivity contribution in [2.45, 2.75) is 39.2 Å². The molecule has 1 fully saturated rings. The molecule has 1 aromatic heterocycles. The lowest BCUT2D eigenvalue weighted by Gasteiger charge is -2.31. The molecule has 1 aliphatic rings. The van der Waals surface area contributed by atoms with Crippen molar-refractivity contribution in [3.63, 3.8) is 0 Å². The second-order valence-corrected chi connectivity index (χ2v) is 9.47. The molecule has 30 heavy (non-hydrogen) atoms. The summed E-state index contributed by atoms with van der Waals surface area (Å²) in [6, 6.07) is 16.4. The Morgan fingerprint density at radius 3 is 2.37 bits per heavy atom. The average Bonchev–Trinajstić information content (AvgIpc) is 3.12. The molecule has 3 aromatic rings. The third kappa shape index (κ3) is 4.59. The third-order valence-corrected chi connectivity index (χ3v) is 5.66. The lowest BCUT2D eigenvalue weighted by Crippen LogP contribution is -2.40. The number of aromatic amines is 1. The van der Waals surface area contributed by atoms with Crippen molar-refractivity contribution in [1.82, 2.24) is 14.9 Å². The number of amides is 1. The fourth-order valence-electron chi connectivity index (χ4n) is 3.73. The van der Waals surface area contributed by atoms with Crippen LogP contribution in [-0.2, 0) is 4.74 Å². The predicted molar refractivity (Wildman–Crippen MR) is 123 cm³/mol. The van der Waals surface area contributed by atoms with Crippen molar-refractivity contribution in [1.29, 1.82) is 0 Å². The van der Waals surface area contributed by atoms with Gasteiger partial charge in [-0.15, -0.1) is 0 Å². The van der Waals surface area contributed by atoms with Crippen molar-refractivity contribution in [2.75, 3.05) is 13.1 Å². The minimum Gasteiger partial charge on any atom is -0.444 e. The highest BCUT2D eigenvalue weighted by Crippen LogP contribution is 2.33. The van der Waals surface area contributed by atoms with Gasteiger partial charge in [0.2, 0.25) is 0 Å². The predicted octanol–water partition coefficient (Wildman–Crippen LogP) is 6.16. The van der Waals surface area contributed by atoms with E-state index in [9.17, 15) is 4.79 Å². The molecule has 4 rings (SSSR count). The quantitative estimate of drug-likeness (QED) is 0.490. The van der Waals surface area contributed by atoms with E-state index in [-0.39, 0.29) is 6.09 Å². The molecule has 1 amide bonds. The molecule has 2 heterocycles. The average molecular weight is 468 g/mol. The fraction of sp³-hybridized carbons (Fsp3) is 0.333. The van der Waals surface area contributed by atoms with Gasteiger partial charge in [0.15, 0.2) is 0 Å². The van der Waals surface area contributed by atoms with Crippen LogP contribution in [0.2, 0.25) is 0 Å². The summed E-state index contributed by atoms with van der Waals surface area (Å²) in [5, 5.41) is 0. The number of likely N-dealkylation sites (tertiary alicyclic amines) is 1. The van der Waals surface area contributed by atoms with Gasteiger partial charge in [-0.1, -0.05) is 45.8 Å². The topological polar surface area (TPSA) is 58.2 Å². The van der Waals surface area contributed by atoms with Crippen molar-refractivity contribution in [3.8, 4) is 0 Å². The van der Waals surface area contributed by atoms with E-state index in [1.165, 1.54) is 5.57 Å². The first-order valence-electron chi connectivity index (χ1n) is 10.2. The largest absolute Gasteiger partial charge is 0.444 e. The number of benzene rings is 2. The summed E-state index contributed by atoms with van der Waals surface area (Å²) in [5.74, 6) is 0.874. The maximum atomic E-state index is 12.4. The van der Waals surface area contributed by atoms with Gasteiger partial charge in [-0.3, -0.25) is 0 Å². The summed E-state index contributed by atoms with van der Waals surface area (Å²) >= 11 is 3.53. The summed E-state index contributed by atoms with van der Waals surface area (Å²) in [6.45, 7) is 6.98. The summed E-state index contributed by atoms with van der Waals surface area (Å²) in [4.78, 5) is 22.6. The van der Waals surface area contributed by atoms with Crippen LogP contribution in [0.5, 0.6) is 0 Å². The van der Waals surface area contributed by atoms with Crippen LogP contribution >= 0.6 is 15.9 Å². The zero-order valence-electron chi connectivity index (χ0n) is 17.5. The highest BCUT2D eigenvalue weighted by Gasteiger charge is 2.27. The number of para-hydroxylation sites is 2. The molecule has 0 saturated carbocycles. The SMILES string of the molecule is CC(C)(C)OC(=O)N1CCC(=C(c2ccc(Br)cc2)c2nc3ccccc3[nH]2)CC1. The number of nitrogens with one attached hydrogen (secondary N) is 1. The highest BCUT2D eigenvalue weighted by molar-refractivity contribution is 9.10. The molecule has 0 radical (unpaired) electrons. The molecule has 1 aliphatic heterocycles. The van der Waals surface area contributed by atoms with Crippen molar-refractivity contribution < 1.29 is 9.53 Å². The number of ether oxygens (including phenoxy) is 1. The summed E-state index contributed by atoms with van der Waals surface area (Å²) < 4.78 is 6.58. The molecule has 1 N–H and O–H groups in total. The van der Waals surface area contributed by atoms with Crippen LogP contribution in [0, 0.1) is 0 Å². The van der Waals surface area contributed by atoms with Crippen molar-refractivity contribution in [3.05, 3.63) is 70.0 Å². The highest BCUT2D eigenvalue weighted by atomic mass is 79.9. The van der Waals surface area contributed by atoms with E-state index in [1.807, 2.05) is 57.2 Å². The molecule has 5 nitrogen and oxygen atoms in total. The first-order valence-corrected chi connectivity index (χ1v) is 11.0. The van der Waals surface area contributed by atoms with Gasteiger partial charge < -0.3 is 14.6 Å². The first kappa shape index (κ1) is 20.7. The Kier molecular flexibility index (Phi) is 5.69. The Morgan fingerprint density at radius 2 is 1.73 bits per heavy atom. The van der Waals surface area contributed by atoms with Crippen LogP contribution < -0.4 is 0 Å². The second-order valence-electron chi connectivity index (χ2n) is 8.56. The number of rotatable bonds is 2. The lowest BCUT2D eigenvalue weighted by atomic mass is 9.92. The van der Waals surface area contributed by atoms with Crippen LogP contribution in [0.3, 0.4) is 0 Å². The molecule has 0 spiro atoms. The third-order valence-electron chi connectivity index (χ3n) is 5.13. The maximum Gasteiger partial charge on any atom is 0.410 e. The fourth-order valence-corrected chi connectivity index (χ4v) is 4.00. The molecule has 0 atom stereocenters. The van der Waals surface area contributed by atoms with E-state index in [4.69, 9.17) is 9.72 Å². The minimum atomic E-state index is -0.482. The number of piperidine rings is 1. The number of hydrogen-bond donors (Lipinski definition) is 1. The van der Waals surface area contributed by atoms with Gasteiger partial charge in [-0.2, -0.15) is 0 Å². The van der Waals surface area contributed by atoms with E-state index in [2.05, 4.69) is 33.0 Å². The number of H-pyrrole nitrogens is 1. The second kappa shape index (κ2) is 8.26. The number of aromatic nitrogens is 2. The van der Waals surface area contributed by atoms with Crippen molar-refractivity contribution in [2.24, 2.45) is 0 Å². The van der Waals surface area contributed by atoms with Crippen LogP contribution in [0.1, 0.15) is 45.0 Å². The van der Waals surface area contributed by atoms with Crippen LogP contribution in [0.25, 0.3) is 16.6 Å². The molecule has 0 unspecified atom stereocenters. The van der Waals surface area contributed by atoms with Crippen LogP contribution in [0.15, 0.2) is 58.6 Å². The van der Waals surface area contributed by atoms with Crippen molar-refractivity contribution >= 4 is 38.6 Å². The first-order chi connectivity index (χ1) is 14.3. The smallest absolute Gasteiger partial charge is 0.410 e. The Labute approximate surface area is 185 Å². The van der Waals surface area contributed by atoms with E-state index in [0.717, 1.165) is 45.3 Å². The number of imidazole rings is 1. The number of nitrogens with zero attached hydrogens (tertiary/aromatic N) is 2. The number of carbonyl (C=O) groups excluding carboxylic acids is 1. The van der Waals surface area contributed by atoms with Gasteiger partial charge in [-0.25, -0.2) is 9.78 Å². The van der Waals surface area contributed by atoms with E-state index >= 15 is 0 Å². The van der Waals surface area contributed by atoms with Crippen LogP contribution in [-0.4, -0.2) is 39.7 Å². The Morgan fingerprint density at radius 1 is 1.07 bits per heavy atom. The number of fused-ring (bicyclic) bond motifs is 1. The van der Waals surface area contributed by atoms with Gasteiger partial charge in [0.25, 0.3) is 0 Å². The van der Waals surface area contributed by atoms with Gasteiger partial charge in [0, 0.05) is 23.1 Å². The van der Waals surface area contributed by atoms with Gasteiger partial charge in [0.05, 0.1) is 11.0 Å². The standard InChI is InChI=1S/C24H26BrN3O2/c1-24(2,3)30-23(29)28-14-12-17(13-15-28)21(16-8-10-18(25)11-9-16)22-26-19-6-4-5-7-20(19)27-22/h4-11H,12-15H2,1-3H3,(H,26,27). The zero-order valence-corrected chi connectivity index (χ0v) is 19.1. The molecule has 0 aliphatic carbocycles. The maximum absolute atomic E-state index is 12.4. The number of halogens is 1. The van der Waals surface area contributed by atoms with Gasteiger partial charge >= 0.3 is 6.09 Å². The summed E-state index contributed by atoms with van der Waals surface area (Å²) in [5.41, 5.74) is 5.05. The molecule has 6 heteroatoms. The molecule has 2 aromatic carbocycles.